The first-order chi connectivity index (χ1) is 14.8. The molecule has 2 aromatic carbocycles. The van der Waals surface area contributed by atoms with Gasteiger partial charge in [-0.3, -0.25) is 4.79 Å². The summed E-state index contributed by atoms with van der Waals surface area (Å²) in [5.41, 5.74) is 3.68. The number of nitrogens with one attached hydrogen (secondary N) is 1. The van der Waals surface area contributed by atoms with Crippen molar-refractivity contribution in [1.82, 2.24) is 15.6 Å². The summed E-state index contributed by atoms with van der Waals surface area (Å²) in [5.74, 6) is 0.346. The van der Waals surface area contributed by atoms with Crippen LogP contribution in [0.15, 0.2) is 62.3 Å². The molecule has 0 spiro atoms. The standard InChI is InChI=1S/C20H17F3N4OS3/c1-13-6-8-14(9-7-13)11-29-18-26-27-19(31-18)30-12-17(28)25-24-10-15-4-2-3-5-16(15)20(21,22)23/h2-10H,11-12H2,1H3,(H,25,28)/b24-10+. The molecule has 3 aromatic rings. The number of carbonyl (C=O) groups excluding carboxylic acids is 1. The van der Waals surface area contributed by atoms with Gasteiger partial charge < -0.3 is 0 Å². The third-order valence-corrected chi connectivity index (χ3v) is 7.12. The smallest absolute Gasteiger partial charge is 0.272 e. The van der Waals surface area contributed by atoms with E-state index in [-0.39, 0.29) is 11.3 Å². The van der Waals surface area contributed by atoms with Gasteiger partial charge in [0.05, 0.1) is 17.5 Å². The number of amides is 1. The molecule has 5 nitrogen and oxygen atoms in total. The van der Waals surface area contributed by atoms with E-state index in [0.717, 1.165) is 22.4 Å². The van der Waals surface area contributed by atoms with Gasteiger partial charge >= 0.3 is 6.18 Å². The molecule has 0 saturated heterocycles. The van der Waals surface area contributed by atoms with Gasteiger partial charge in [0, 0.05) is 11.3 Å². The van der Waals surface area contributed by atoms with Crippen molar-refractivity contribution in [3.63, 3.8) is 0 Å². The molecule has 3 rings (SSSR count). The highest BCUT2D eigenvalue weighted by Crippen LogP contribution is 2.31. The second-order valence-electron chi connectivity index (χ2n) is 6.28. The van der Waals surface area contributed by atoms with Gasteiger partial charge in [0.1, 0.15) is 0 Å². The number of rotatable bonds is 8. The molecule has 31 heavy (non-hydrogen) atoms. The van der Waals surface area contributed by atoms with E-state index in [0.29, 0.717) is 4.34 Å². The summed E-state index contributed by atoms with van der Waals surface area (Å²) >= 11 is 4.14. The molecular weight excluding hydrogens is 465 g/mol. The summed E-state index contributed by atoms with van der Waals surface area (Å²) in [5, 5.41) is 11.8. The highest BCUT2D eigenvalue weighted by Gasteiger charge is 2.32. The number of benzene rings is 2. The number of aromatic nitrogens is 2. The van der Waals surface area contributed by atoms with Crippen LogP contribution in [0.3, 0.4) is 0 Å². The minimum Gasteiger partial charge on any atom is -0.272 e. The molecule has 0 aliphatic rings. The predicted octanol–water partition coefficient (Wildman–Crippen LogP) is 5.40. The van der Waals surface area contributed by atoms with Crippen molar-refractivity contribution >= 4 is 47.0 Å². The fourth-order valence-corrected chi connectivity index (χ4v) is 5.11. The first kappa shape index (κ1) is 23.3. The molecule has 1 aromatic heterocycles. The number of hydrazone groups is 1. The first-order valence-corrected chi connectivity index (χ1v) is 11.7. The van der Waals surface area contributed by atoms with E-state index >= 15 is 0 Å². The molecule has 1 heterocycles. The molecule has 162 valence electrons. The molecule has 0 aliphatic carbocycles. The summed E-state index contributed by atoms with van der Waals surface area (Å²) in [6.45, 7) is 2.04. The van der Waals surface area contributed by atoms with E-state index in [9.17, 15) is 18.0 Å². The van der Waals surface area contributed by atoms with Gasteiger partial charge in [-0.05, 0) is 18.6 Å². The lowest BCUT2D eigenvalue weighted by molar-refractivity contribution is -0.137. The fourth-order valence-electron chi connectivity index (χ4n) is 2.34. The lowest BCUT2D eigenvalue weighted by Gasteiger charge is -2.09. The Morgan fingerprint density at radius 2 is 1.77 bits per heavy atom. The SMILES string of the molecule is Cc1ccc(CSc2nnc(SCC(=O)N/N=C/c3ccccc3C(F)(F)F)s2)cc1. The first-order valence-electron chi connectivity index (χ1n) is 8.94. The summed E-state index contributed by atoms with van der Waals surface area (Å²) < 4.78 is 40.3. The average molecular weight is 483 g/mol. The van der Waals surface area contributed by atoms with Crippen molar-refractivity contribution in [3.05, 3.63) is 70.8 Å². The minimum absolute atomic E-state index is 0.0233. The van der Waals surface area contributed by atoms with E-state index in [4.69, 9.17) is 0 Å². The van der Waals surface area contributed by atoms with Crippen molar-refractivity contribution in [1.29, 1.82) is 0 Å². The van der Waals surface area contributed by atoms with Gasteiger partial charge in [-0.2, -0.15) is 18.3 Å². The van der Waals surface area contributed by atoms with Crippen LogP contribution in [0, 0.1) is 6.92 Å². The van der Waals surface area contributed by atoms with E-state index in [2.05, 4.69) is 45.0 Å². The maximum Gasteiger partial charge on any atom is 0.417 e. The highest BCUT2D eigenvalue weighted by molar-refractivity contribution is 8.03. The van der Waals surface area contributed by atoms with Crippen LogP contribution in [0.4, 0.5) is 13.2 Å². The predicted molar refractivity (Wildman–Crippen MR) is 119 cm³/mol. The Morgan fingerprint density at radius 3 is 2.48 bits per heavy atom. The molecule has 11 heteroatoms. The van der Waals surface area contributed by atoms with Crippen LogP contribution in [-0.4, -0.2) is 28.1 Å². The Labute approximate surface area is 189 Å². The molecule has 0 aliphatic heterocycles. The van der Waals surface area contributed by atoms with E-state index in [1.54, 1.807) is 11.8 Å². The molecule has 0 saturated carbocycles. The molecule has 0 fully saturated rings. The molecule has 1 N–H and O–H groups in total. The van der Waals surface area contributed by atoms with Crippen LogP contribution < -0.4 is 5.43 Å². The van der Waals surface area contributed by atoms with Crippen LogP contribution in [0.1, 0.15) is 22.3 Å². The summed E-state index contributed by atoms with van der Waals surface area (Å²) in [7, 11) is 0. The summed E-state index contributed by atoms with van der Waals surface area (Å²) in [6, 6.07) is 13.3. The fraction of sp³-hybridized carbons (Fsp3) is 0.200. The Kier molecular flexibility index (Phi) is 8.10. The molecule has 0 radical (unpaired) electrons. The average Bonchev–Trinajstić information content (AvgIpc) is 3.19. The normalized spacial score (nSPS) is 11.7. The Morgan fingerprint density at radius 1 is 1.10 bits per heavy atom. The van der Waals surface area contributed by atoms with Gasteiger partial charge in [-0.15, -0.1) is 10.2 Å². The quantitative estimate of drug-likeness (QED) is 0.265. The lowest BCUT2D eigenvalue weighted by Crippen LogP contribution is -2.20. The zero-order valence-corrected chi connectivity index (χ0v) is 18.7. The number of aryl methyl sites for hydroxylation is 1. The number of halogens is 3. The van der Waals surface area contributed by atoms with Crippen molar-refractivity contribution in [2.45, 2.75) is 27.5 Å². The maximum absolute atomic E-state index is 12.9. The molecule has 1 amide bonds. The summed E-state index contributed by atoms with van der Waals surface area (Å²) in [6.07, 6.45) is -3.51. The van der Waals surface area contributed by atoms with E-state index < -0.39 is 17.6 Å². The zero-order valence-electron chi connectivity index (χ0n) is 16.2. The van der Waals surface area contributed by atoms with Crippen LogP contribution in [0.25, 0.3) is 0 Å². The van der Waals surface area contributed by atoms with Gasteiger partial charge in [-0.25, -0.2) is 5.43 Å². The molecule has 0 atom stereocenters. The van der Waals surface area contributed by atoms with E-state index in [1.165, 1.54) is 52.4 Å². The molecule has 0 bridgehead atoms. The third kappa shape index (κ3) is 7.37. The largest absolute Gasteiger partial charge is 0.417 e. The Balaban J connectivity index is 1.45. The second-order valence-corrected chi connectivity index (χ2v) is 9.70. The minimum atomic E-state index is -4.49. The summed E-state index contributed by atoms with van der Waals surface area (Å²) in [4.78, 5) is 11.9. The van der Waals surface area contributed by atoms with Gasteiger partial charge in [0.25, 0.3) is 5.91 Å². The van der Waals surface area contributed by atoms with Gasteiger partial charge in [-0.1, -0.05) is 82.9 Å². The van der Waals surface area contributed by atoms with Crippen LogP contribution in [-0.2, 0) is 16.7 Å². The number of thioether (sulfide) groups is 2. The Bertz CT molecular complexity index is 1050. The third-order valence-electron chi connectivity index (χ3n) is 3.86. The van der Waals surface area contributed by atoms with Crippen molar-refractivity contribution in [3.8, 4) is 0 Å². The monoisotopic (exact) mass is 482 g/mol. The van der Waals surface area contributed by atoms with E-state index in [1.807, 2.05) is 6.92 Å². The molecule has 0 unspecified atom stereocenters. The number of alkyl halides is 3. The number of nitrogens with zero attached hydrogens (tertiary/aromatic N) is 3. The topological polar surface area (TPSA) is 67.2 Å². The van der Waals surface area contributed by atoms with Crippen molar-refractivity contribution in [2.75, 3.05) is 5.75 Å². The van der Waals surface area contributed by atoms with Crippen molar-refractivity contribution in [2.24, 2.45) is 5.10 Å². The number of carbonyl (C=O) groups is 1. The molecular formula is C20H17F3N4OS3. The van der Waals surface area contributed by atoms with Crippen LogP contribution in [0.2, 0.25) is 0 Å². The van der Waals surface area contributed by atoms with Gasteiger partial charge in [0.2, 0.25) is 0 Å². The van der Waals surface area contributed by atoms with Crippen LogP contribution in [0.5, 0.6) is 0 Å². The van der Waals surface area contributed by atoms with Crippen molar-refractivity contribution < 1.29 is 18.0 Å². The zero-order chi connectivity index (χ0) is 22.3. The lowest BCUT2D eigenvalue weighted by atomic mass is 10.1. The number of hydrogen-bond acceptors (Lipinski definition) is 7. The van der Waals surface area contributed by atoms with Gasteiger partial charge in [0.15, 0.2) is 8.68 Å². The highest BCUT2D eigenvalue weighted by atomic mass is 32.2. The number of hydrogen-bond donors (Lipinski definition) is 1. The van der Waals surface area contributed by atoms with Crippen LogP contribution >= 0.6 is 34.9 Å². The second kappa shape index (κ2) is 10.8. The maximum atomic E-state index is 12.9. The Hall–Kier alpha value is -2.37.